The van der Waals surface area contributed by atoms with E-state index in [2.05, 4.69) is 33.9 Å². The molecule has 0 radical (unpaired) electrons. The van der Waals surface area contributed by atoms with E-state index in [0.717, 1.165) is 17.9 Å². The number of amides is 2. The average Bonchev–Trinajstić information content (AvgIpc) is 3.09. The van der Waals surface area contributed by atoms with Crippen LogP contribution in [0.2, 0.25) is 0 Å². The van der Waals surface area contributed by atoms with Crippen LogP contribution >= 0.6 is 0 Å². The Morgan fingerprint density at radius 1 is 1.07 bits per heavy atom. The first-order valence-corrected chi connectivity index (χ1v) is 9.98. The van der Waals surface area contributed by atoms with Crippen molar-refractivity contribution >= 4 is 23.5 Å². The Morgan fingerprint density at radius 2 is 1.79 bits per heavy atom. The predicted molar refractivity (Wildman–Crippen MR) is 108 cm³/mol. The normalized spacial score (nSPS) is 18.6. The number of fused-ring (bicyclic) bond motifs is 1. The van der Waals surface area contributed by atoms with Crippen molar-refractivity contribution in [3.05, 3.63) is 47.9 Å². The number of rotatable bonds is 3. The average molecular weight is 395 g/mol. The predicted octanol–water partition coefficient (Wildman–Crippen LogP) is 2.47. The van der Waals surface area contributed by atoms with Crippen LogP contribution in [0.25, 0.3) is 0 Å². The molecular formula is C21H25N5O3. The van der Waals surface area contributed by atoms with E-state index >= 15 is 0 Å². The van der Waals surface area contributed by atoms with Crippen LogP contribution in [-0.2, 0) is 11.2 Å². The summed E-state index contributed by atoms with van der Waals surface area (Å²) >= 11 is 0. The van der Waals surface area contributed by atoms with Crippen LogP contribution in [0.4, 0.5) is 16.3 Å². The summed E-state index contributed by atoms with van der Waals surface area (Å²) in [6, 6.07) is 8.57. The number of carbonyl (C=O) groups is 2. The molecule has 2 aliphatic heterocycles. The molecule has 1 unspecified atom stereocenters. The van der Waals surface area contributed by atoms with E-state index in [1.54, 1.807) is 29.1 Å². The van der Waals surface area contributed by atoms with Gasteiger partial charge < -0.3 is 19.4 Å². The monoisotopic (exact) mass is 395 g/mol. The van der Waals surface area contributed by atoms with Crippen LogP contribution in [0.1, 0.15) is 29.9 Å². The maximum atomic E-state index is 12.8. The Morgan fingerprint density at radius 3 is 2.48 bits per heavy atom. The molecule has 0 aliphatic carbocycles. The van der Waals surface area contributed by atoms with Crippen LogP contribution < -0.4 is 4.90 Å². The third kappa shape index (κ3) is 3.74. The van der Waals surface area contributed by atoms with Gasteiger partial charge >= 0.3 is 6.09 Å². The number of nitrogens with zero attached hydrogens (tertiary/aromatic N) is 5. The molecule has 0 bridgehead atoms. The van der Waals surface area contributed by atoms with Crippen LogP contribution in [0.5, 0.6) is 0 Å². The largest absolute Gasteiger partial charge is 0.450 e. The summed E-state index contributed by atoms with van der Waals surface area (Å²) in [6.45, 7) is 6.11. The third-order valence-electron chi connectivity index (χ3n) is 5.40. The second-order valence-electron chi connectivity index (χ2n) is 7.29. The van der Waals surface area contributed by atoms with E-state index in [9.17, 15) is 9.59 Å². The number of benzene rings is 1. The Kier molecular flexibility index (Phi) is 5.33. The van der Waals surface area contributed by atoms with Crippen molar-refractivity contribution < 1.29 is 14.3 Å². The van der Waals surface area contributed by atoms with Crippen molar-refractivity contribution in [2.75, 3.05) is 37.7 Å². The van der Waals surface area contributed by atoms with Crippen molar-refractivity contribution in [3.63, 3.8) is 0 Å². The van der Waals surface area contributed by atoms with E-state index in [1.807, 2.05) is 12.1 Å². The summed E-state index contributed by atoms with van der Waals surface area (Å²) in [5.74, 6) is 0.577. The molecule has 1 aromatic carbocycles. The minimum Gasteiger partial charge on any atom is -0.450 e. The second-order valence-corrected chi connectivity index (χ2v) is 7.29. The number of carbonyl (C=O) groups excluding carboxylic acids is 2. The first-order valence-electron chi connectivity index (χ1n) is 9.98. The third-order valence-corrected chi connectivity index (χ3v) is 5.40. The fourth-order valence-corrected chi connectivity index (χ4v) is 3.94. The number of anilines is 2. The molecule has 2 aliphatic rings. The standard InChI is InChI=1S/C21H25N5O3/c1-3-29-21(28)25-10-8-24(9-11-25)20(27)17-13-23-19(14-22-17)26-15(2)12-16-6-4-5-7-18(16)26/h4-7,13-15H,3,8-12H2,1-2H3. The first kappa shape index (κ1) is 19.2. The van der Waals surface area contributed by atoms with E-state index < -0.39 is 0 Å². The molecule has 1 saturated heterocycles. The van der Waals surface area contributed by atoms with Gasteiger partial charge in [-0.2, -0.15) is 0 Å². The Hall–Kier alpha value is -3.16. The highest BCUT2D eigenvalue weighted by atomic mass is 16.6. The molecule has 152 valence electrons. The van der Waals surface area contributed by atoms with E-state index in [4.69, 9.17) is 4.74 Å². The molecule has 0 saturated carbocycles. The van der Waals surface area contributed by atoms with Crippen molar-refractivity contribution in [1.82, 2.24) is 19.8 Å². The number of piperazine rings is 1. The highest BCUT2D eigenvalue weighted by Crippen LogP contribution is 2.36. The SMILES string of the molecule is CCOC(=O)N1CCN(C(=O)c2cnc(N3c4ccccc4CC3C)cn2)CC1. The van der Waals surface area contributed by atoms with Gasteiger partial charge in [0.25, 0.3) is 5.91 Å². The van der Waals surface area contributed by atoms with Gasteiger partial charge in [0.1, 0.15) is 5.69 Å². The zero-order valence-corrected chi connectivity index (χ0v) is 16.7. The molecule has 3 heterocycles. The summed E-state index contributed by atoms with van der Waals surface area (Å²) in [5.41, 5.74) is 2.75. The van der Waals surface area contributed by atoms with Gasteiger partial charge in [-0.15, -0.1) is 0 Å². The van der Waals surface area contributed by atoms with Gasteiger partial charge in [-0.3, -0.25) is 4.79 Å². The topological polar surface area (TPSA) is 78.9 Å². The van der Waals surface area contributed by atoms with Gasteiger partial charge in [0.05, 0.1) is 19.0 Å². The lowest BCUT2D eigenvalue weighted by Crippen LogP contribution is -2.50. The van der Waals surface area contributed by atoms with E-state index in [-0.39, 0.29) is 12.0 Å². The lowest BCUT2D eigenvalue weighted by atomic mass is 10.1. The quantitative estimate of drug-likeness (QED) is 0.794. The molecule has 4 rings (SSSR count). The number of para-hydroxylation sites is 1. The van der Waals surface area contributed by atoms with Crippen molar-refractivity contribution in [2.45, 2.75) is 26.3 Å². The highest BCUT2D eigenvalue weighted by molar-refractivity contribution is 5.92. The lowest BCUT2D eigenvalue weighted by molar-refractivity contribution is 0.0565. The second kappa shape index (κ2) is 8.06. The zero-order valence-electron chi connectivity index (χ0n) is 16.7. The summed E-state index contributed by atoms with van der Waals surface area (Å²) in [5, 5.41) is 0. The molecule has 1 fully saturated rings. The summed E-state index contributed by atoms with van der Waals surface area (Å²) in [4.78, 5) is 39.0. The number of hydrogen-bond acceptors (Lipinski definition) is 6. The minimum atomic E-state index is -0.330. The minimum absolute atomic E-state index is 0.164. The molecule has 8 heteroatoms. The molecule has 0 spiro atoms. The zero-order chi connectivity index (χ0) is 20.4. The maximum Gasteiger partial charge on any atom is 0.409 e. The van der Waals surface area contributed by atoms with Crippen molar-refractivity contribution in [3.8, 4) is 0 Å². The van der Waals surface area contributed by atoms with Gasteiger partial charge in [0, 0.05) is 37.9 Å². The van der Waals surface area contributed by atoms with Crippen LogP contribution in [0.3, 0.4) is 0 Å². The number of ether oxygens (including phenoxy) is 1. The Balaban J connectivity index is 1.42. The highest BCUT2D eigenvalue weighted by Gasteiger charge is 2.29. The van der Waals surface area contributed by atoms with Crippen LogP contribution in [-0.4, -0.2) is 70.6 Å². The van der Waals surface area contributed by atoms with Gasteiger partial charge in [0.15, 0.2) is 5.82 Å². The molecular weight excluding hydrogens is 370 g/mol. The fraction of sp³-hybridized carbons (Fsp3) is 0.429. The van der Waals surface area contributed by atoms with Crippen LogP contribution in [0, 0.1) is 0 Å². The van der Waals surface area contributed by atoms with Gasteiger partial charge in [0.2, 0.25) is 0 Å². The van der Waals surface area contributed by atoms with Gasteiger partial charge in [-0.1, -0.05) is 18.2 Å². The Bertz CT molecular complexity index is 893. The number of aromatic nitrogens is 2. The molecule has 1 aromatic heterocycles. The Labute approximate surface area is 170 Å². The lowest BCUT2D eigenvalue weighted by Gasteiger charge is -2.33. The summed E-state index contributed by atoms with van der Waals surface area (Å²) < 4.78 is 5.01. The maximum absolute atomic E-state index is 12.8. The molecule has 2 aromatic rings. The van der Waals surface area contributed by atoms with Crippen molar-refractivity contribution in [2.24, 2.45) is 0 Å². The molecule has 29 heavy (non-hydrogen) atoms. The molecule has 0 N–H and O–H groups in total. The van der Waals surface area contributed by atoms with E-state index in [1.165, 1.54) is 5.56 Å². The first-order chi connectivity index (χ1) is 14.1. The van der Waals surface area contributed by atoms with E-state index in [0.29, 0.717) is 44.5 Å². The molecule has 8 nitrogen and oxygen atoms in total. The van der Waals surface area contributed by atoms with Crippen molar-refractivity contribution in [1.29, 1.82) is 0 Å². The molecule has 1 atom stereocenters. The summed E-state index contributed by atoms with van der Waals surface area (Å²) in [7, 11) is 0. The fourth-order valence-electron chi connectivity index (χ4n) is 3.94. The smallest absolute Gasteiger partial charge is 0.409 e. The van der Waals surface area contributed by atoms with Crippen LogP contribution in [0.15, 0.2) is 36.7 Å². The molecule has 2 amide bonds. The summed E-state index contributed by atoms with van der Waals surface area (Å²) in [6.07, 6.45) is 3.84. The number of hydrogen-bond donors (Lipinski definition) is 0. The van der Waals surface area contributed by atoms with Gasteiger partial charge in [-0.25, -0.2) is 14.8 Å². The van der Waals surface area contributed by atoms with Gasteiger partial charge in [-0.05, 0) is 31.9 Å².